The largest absolute Gasteiger partial charge is 0.448 e. The fourth-order valence-corrected chi connectivity index (χ4v) is 6.71. The smallest absolute Gasteiger partial charge is 0.268 e. The molecule has 2 aromatic carbocycles. The summed E-state index contributed by atoms with van der Waals surface area (Å²) < 4.78 is 5.11. The fraction of sp³-hybridized carbons (Fsp3) is 0.160. The molecule has 4 aromatic rings. The summed E-state index contributed by atoms with van der Waals surface area (Å²) in [5, 5.41) is 20.1. The van der Waals surface area contributed by atoms with E-state index in [2.05, 4.69) is 61.9 Å². The number of thiophene rings is 1. The summed E-state index contributed by atoms with van der Waals surface area (Å²) in [6.45, 7) is 3.66. The van der Waals surface area contributed by atoms with Gasteiger partial charge in [-0.2, -0.15) is 15.3 Å². The minimum Gasteiger partial charge on any atom is -0.268 e. The Labute approximate surface area is 214 Å². The fourth-order valence-electron chi connectivity index (χ4n) is 4.32. The van der Waals surface area contributed by atoms with Crippen molar-refractivity contribution < 1.29 is 4.79 Å². The molecule has 1 saturated heterocycles. The Bertz CT molecular complexity index is 1540. The highest BCUT2D eigenvalue weighted by Crippen LogP contribution is 2.49. The number of amides is 1. The molecular weight excluding hydrogens is 559 g/mol. The van der Waals surface area contributed by atoms with Crippen LogP contribution in [0.15, 0.2) is 60.1 Å². The van der Waals surface area contributed by atoms with Crippen LogP contribution in [0, 0.1) is 11.3 Å². The summed E-state index contributed by atoms with van der Waals surface area (Å²) in [6.07, 6.45) is 1.81. The Kier molecular flexibility index (Phi) is 5.52. The van der Waals surface area contributed by atoms with E-state index in [1.165, 1.54) is 4.90 Å². The topological polar surface area (TPSA) is 88.0 Å². The minimum absolute atomic E-state index is 0.0692. The molecule has 34 heavy (non-hydrogen) atoms. The molecule has 1 aliphatic rings. The van der Waals surface area contributed by atoms with Crippen LogP contribution in [0.5, 0.6) is 0 Å². The first-order valence-corrected chi connectivity index (χ1v) is 12.4. The zero-order valence-electron chi connectivity index (χ0n) is 18.5. The van der Waals surface area contributed by atoms with Gasteiger partial charge in [-0.15, -0.1) is 11.3 Å². The average molecular weight is 579 g/mol. The Hall–Kier alpha value is -3.45. The van der Waals surface area contributed by atoms with Gasteiger partial charge >= 0.3 is 5.96 Å². The highest BCUT2D eigenvalue weighted by molar-refractivity contribution is 14.1. The van der Waals surface area contributed by atoms with Gasteiger partial charge in [0.15, 0.2) is 3.55 Å². The SMILES string of the molecule is C=[N+]=C1N[C@](I)(c2cc(-c3cccc(C#N)c3)cs2)[C@@H](c2ccc3c(cnn3C)c2)C(=O)N1C. The highest BCUT2D eigenvalue weighted by Gasteiger charge is 2.56. The van der Waals surface area contributed by atoms with Crippen molar-refractivity contribution in [1.82, 2.24) is 24.7 Å². The normalized spacial score (nSPS) is 20.2. The number of nitrogens with zero attached hydrogens (tertiary/aromatic N) is 5. The van der Waals surface area contributed by atoms with Crippen molar-refractivity contribution in [2.24, 2.45) is 7.05 Å². The van der Waals surface area contributed by atoms with Crippen molar-refractivity contribution >= 4 is 63.4 Å². The summed E-state index contributed by atoms with van der Waals surface area (Å²) in [5.41, 5.74) is 4.46. The summed E-state index contributed by atoms with van der Waals surface area (Å²) in [5.74, 6) is -0.162. The standard InChI is InChI=1S/C25H19IN6OS/c1-28-24-30-25(26,21-11-19(14-34-21)16-6-4-5-15(9-16)12-27)22(23(33)31(24)2)17-7-8-20-18(10-17)13-29-32(20)3/h4-11,13-14,22H,1H2,2-3H3/p+1/t22-,25+/m0/s1. The molecule has 3 heterocycles. The number of nitriles is 1. The maximum absolute atomic E-state index is 13.7. The van der Waals surface area contributed by atoms with Crippen molar-refractivity contribution in [1.29, 1.82) is 5.26 Å². The predicted octanol–water partition coefficient (Wildman–Crippen LogP) is 3.73. The van der Waals surface area contributed by atoms with Gasteiger partial charge in [-0.05, 0) is 75.0 Å². The molecule has 2 atom stereocenters. The molecule has 0 spiro atoms. The van der Waals surface area contributed by atoms with Crippen LogP contribution in [0.2, 0.25) is 0 Å². The van der Waals surface area contributed by atoms with Gasteiger partial charge in [-0.1, -0.05) is 18.2 Å². The van der Waals surface area contributed by atoms with E-state index in [0.717, 1.165) is 32.5 Å². The Morgan fingerprint density at radius 2 is 2.06 bits per heavy atom. The van der Waals surface area contributed by atoms with Crippen LogP contribution in [0.25, 0.3) is 22.0 Å². The van der Waals surface area contributed by atoms with E-state index in [0.29, 0.717) is 11.5 Å². The summed E-state index contributed by atoms with van der Waals surface area (Å²) >= 11 is 3.90. The number of likely N-dealkylation sites (N-methyl/N-ethyl adjacent to an activating group) is 1. The van der Waals surface area contributed by atoms with Gasteiger partial charge < -0.3 is 0 Å². The molecule has 168 valence electrons. The third kappa shape index (κ3) is 3.51. The summed E-state index contributed by atoms with van der Waals surface area (Å²) in [6, 6.07) is 17.8. The van der Waals surface area contributed by atoms with Crippen molar-refractivity contribution in [2.45, 2.75) is 9.46 Å². The van der Waals surface area contributed by atoms with Gasteiger partial charge in [0.2, 0.25) is 0 Å². The molecule has 5 rings (SSSR count). The number of aryl methyl sites for hydroxylation is 1. The molecule has 0 bridgehead atoms. The molecule has 1 fully saturated rings. The molecule has 0 saturated carbocycles. The first kappa shape index (κ1) is 22.3. The van der Waals surface area contributed by atoms with Gasteiger partial charge in [-0.3, -0.25) is 14.1 Å². The number of alkyl halides is 1. The lowest BCUT2D eigenvalue weighted by Gasteiger charge is -2.37. The van der Waals surface area contributed by atoms with E-state index in [9.17, 15) is 10.1 Å². The lowest BCUT2D eigenvalue weighted by atomic mass is 9.86. The van der Waals surface area contributed by atoms with Crippen molar-refractivity contribution in [3.63, 3.8) is 0 Å². The molecular formula is C25H20IN6OS+. The number of rotatable bonds is 3. The van der Waals surface area contributed by atoms with Crippen molar-refractivity contribution in [3.8, 4) is 17.2 Å². The molecule has 0 radical (unpaired) electrons. The van der Waals surface area contributed by atoms with Gasteiger partial charge in [0.1, 0.15) is 12.6 Å². The van der Waals surface area contributed by atoms with E-state index in [1.807, 2.05) is 54.3 Å². The molecule has 9 heteroatoms. The molecule has 0 unspecified atom stereocenters. The van der Waals surface area contributed by atoms with Crippen molar-refractivity contribution in [3.05, 3.63) is 76.1 Å². The van der Waals surface area contributed by atoms with E-state index < -0.39 is 9.46 Å². The predicted molar refractivity (Wildman–Crippen MR) is 144 cm³/mol. The Morgan fingerprint density at radius 3 is 2.82 bits per heavy atom. The summed E-state index contributed by atoms with van der Waals surface area (Å²) in [4.78, 5) is 16.2. The van der Waals surface area contributed by atoms with E-state index >= 15 is 0 Å². The van der Waals surface area contributed by atoms with Crippen LogP contribution < -0.4 is 9.98 Å². The number of nitrogens with one attached hydrogen (secondary N) is 1. The number of fused-ring (bicyclic) bond motifs is 1. The minimum atomic E-state index is -0.788. The van der Waals surface area contributed by atoms with Crippen molar-refractivity contribution in [2.75, 3.05) is 7.05 Å². The van der Waals surface area contributed by atoms with Gasteiger partial charge in [-0.25, -0.2) is 5.32 Å². The van der Waals surface area contributed by atoms with E-state index in [4.69, 9.17) is 0 Å². The molecule has 2 aromatic heterocycles. The number of halogens is 1. The molecule has 1 amide bonds. The van der Waals surface area contributed by atoms with Crippen LogP contribution in [-0.2, 0) is 15.4 Å². The Balaban J connectivity index is 1.65. The molecule has 1 aliphatic heterocycles. The molecule has 0 aliphatic carbocycles. The van der Waals surface area contributed by atoms with E-state index in [1.54, 1.807) is 24.5 Å². The monoisotopic (exact) mass is 579 g/mol. The first-order valence-electron chi connectivity index (χ1n) is 10.4. The van der Waals surface area contributed by atoms with Gasteiger partial charge in [0, 0.05) is 12.4 Å². The third-order valence-corrected chi connectivity index (χ3v) is 9.03. The number of aromatic nitrogens is 2. The zero-order chi connectivity index (χ0) is 24.0. The number of hydrogen-bond donors (Lipinski definition) is 1. The molecule has 1 N–H and O–H groups in total. The van der Waals surface area contributed by atoms with Crippen LogP contribution in [0.3, 0.4) is 0 Å². The first-order chi connectivity index (χ1) is 16.4. The maximum Gasteiger partial charge on any atom is 0.448 e. The van der Waals surface area contributed by atoms with Crippen LogP contribution in [0.4, 0.5) is 0 Å². The van der Waals surface area contributed by atoms with Crippen LogP contribution in [0.1, 0.15) is 21.9 Å². The highest BCUT2D eigenvalue weighted by atomic mass is 127. The number of carbonyl (C=O) groups is 1. The number of hydrogen-bond acceptors (Lipinski definition) is 4. The number of guanidine groups is 1. The second-order valence-electron chi connectivity index (χ2n) is 8.13. The van der Waals surface area contributed by atoms with Gasteiger partial charge in [0.25, 0.3) is 5.91 Å². The maximum atomic E-state index is 13.7. The second-order valence-corrected chi connectivity index (χ2v) is 10.7. The van der Waals surface area contributed by atoms with Crippen LogP contribution >= 0.6 is 33.9 Å². The second kappa shape index (κ2) is 8.40. The third-order valence-electron chi connectivity index (χ3n) is 6.12. The van der Waals surface area contributed by atoms with Crippen LogP contribution in [-0.4, -0.2) is 40.3 Å². The average Bonchev–Trinajstić information content (AvgIpc) is 3.49. The lowest BCUT2D eigenvalue weighted by molar-refractivity contribution is -0.130. The van der Waals surface area contributed by atoms with E-state index in [-0.39, 0.29) is 5.91 Å². The number of benzene rings is 2. The number of carbonyl (C=O) groups excluding carboxylic acids is 1. The Morgan fingerprint density at radius 1 is 1.24 bits per heavy atom. The quantitative estimate of drug-likeness (QED) is 0.132. The lowest BCUT2D eigenvalue weighted by Crippen LogP contribution is -2.62. The molecule has 7 nitrogen and oxygen atoms in total. The van der Waals surface area contributed by atoms with Gasteiger partial charge in [0.05, 0.1) is 35.3 Å². The summed E-state index contributed by atoms with van der Waals surface area (Å²) in [7, 11) is 3.61. The zero-order valence-corrected chi connectivity index (χ0v) is 21.5.